The predicted molar refractivity (Wildman–Crippen MR) is 113 cm³/mol. The molecule has 0 unspecified atom stereocenters. The Bertz CT molecular complexity index is 1160. The highest BCUT2D eigenvalue weighted by atomic mass is 35.5. The van der Waals surface area contributed by atoms with Gasteiger partial charge in [-0.2, -0.15) is 4.31 Å². The Kier molecular flexibility index (Phi) is 7.25. The van der Waals surface area contributed by atoms with Crippen molar-refractivity contribution in [2.75, 3.05) is 26.2 Å². The molecule has 30 heavy (non-hydrogen) atoms. The van der Waals surface area contributed by atoms with Gasteiger partial charge in [0.15, 0.2) is 0 Å². The lowest BCUT2D eigenvalue weighted by Crippen LogP contribution is -2.46. The van der Waals surface area contributed by atoms with E-state index in [1.807, 2.05) is 0 Å². The van der Waals surface area contributed by atoms with Crippen LogP contribution in [-0.2, 0) is 19.9 Å². The summed E-state index contributed by atoms with van der Waals surface area (Å²) in [6, 6.07) is 7.53. The highest BCUT2D eigenvalue weighted by Crippen LogP contribution is 2.33. The molecule has 0 bridgehead atoms. The molecule has 0 aromatic heterocycles. The second kappa shape index (κ2) is 8.98. The topological polar surface area (TPSA) is 127 Å². The minimum absolute atomic E-state index is 0. The van der Waals surface area contributed by atoms with Gasteiger partial charge in [-0.1, -0.05) is 6.07 Å². The van der Waals surface area contributed by atoms with Crippen LogP contribution in [0.15, 0.2) is 51.1 Å². The fourth-order valence-electron chi connectivity index (χ4n) is 3.27. The van der Waals surface area contributed by atoms with Gasteiger partial charge in [0.05, 0.1) is 14.7 Å². The summed E-state index contributed by atoms with van der Waals surface area (Å²) in [7, 11) is -8.47. The molecule has 0 saturated carbocycles. The SMILES string of the molecule is Cc1cc(C)cc(S(=O)(=O)c2ccc([N+](=O)[O-])cc2S(=O)(=O)N2CCNCC2)c1.Cl. The lowest BCUT2D eigenvalue weighted by Gasteiger charge is -2.27. The number of nitro groups is 1. The third-order valence-electron chi connectivity index (χ3n) is 4.63. The van der Waals surface area contributed by atoms with Crippen molar-refractivity contribution >= 4 is 38.0 Å². The summed E-state index contributed by atoms with van der Waals surface area (Å²) in [4.78, 5) is 9.37. The minimum Gasteiger partial charge on any atom is -0.314 e. The number of nitro benzene ring substituents is 1. The largest absolute Gasteiger partial charge is 0.314 e. The Hall–Kier alpha value is -2.05. The van der Waals surface area contributed by atoms with Crippen LogP contribution in [0.5, 0.6) is 0 Å². The number of hydrogen-bond acceptors (Lipinski definition) is 7. The zero-order valence-corrected chi connectivity index (χ0v) is 18.8. The van der Waals surface area contributed by atoms with E-state index in [0.717, 1.165) is 22.5 Å². The van der Waals surface area contributed by atoms with Crippen LogP contribution >= 0.6 is 12.4 Å². The maximum absolute atomic E-state index is 13.3. The van der Waals surface area contributed by atoms with Crippen LogP contribution in [0.1, 0.15) is 11.1 Å². The second-order valence-corrected chi connectivity index (χ2v) is 10.7. The van der Waals surface area contributed by atoms with E-state index < -0.39 is 40.3 Å². The van der Waals surface area contributed by atoms with Crippen molar-refractivity contribution in [2.24, 2.45) is 0 Å². The van der Waals surface area contributed by atoms with Gasteiger partial charge in [-0.3, -0.25) is 10.1 Å². The number of benzene rings is 2. The summed E-state index contributed by atoms with van der Waals surface area (Å²) < 4.78 is 54.2. The normalized spacial score (nSPS) is 15.4. The van der Waals surface area contributed by atoms with Crippen molar-refractivity contribution in [1.29, 1.82) is 0 Å². The molecular formula is C18H22ClN3O6S2. The van der Waals surface area contributed by atoms with Crippen LogP contribution in [0.3, 0.4) is 0 Å². The van der Waals surface area contributed by atoms with Gasteiger partial charge in [0.25, 0.3) is 5.69 Å². The summed E-state index contributed by atoms with van der Waals surface area (Å²) in [6.07, 6.45) is 0. The molecule has 1 fully saturated rings. The molecular weight excluding hydrogens is 454 g/mol. The van der Waals surface area contributed by atoms with E-state index in [2.05, 4.69) is 5.32 Å². The Morgan fingerprint density at radius 3 is 2.03 bits per heavy atom. The van der Waals surface area contributed by atoms with Crippen molar-refractivity contribution in [2.45, 2.75) is 28.5 Å². The van der Waals surface area contributed by atoms with E-state index in [4.69, 9.17) is 0 Å². The number of non-ortho nitro benzene ring substituents is 1. The summed E-state index contributed by atoms with van der Waals surface area (Å²) in [5.41, 5.74) is 0.923. The van der Waals surface area contributed by atoms with Gasteiger partial charge < -0.3 is 5.32 Å². The lowest BCUT2D eigenvalue weighted by molar-refractivity contribution is -0.385. The molecule has 1 N–H and O–H groups in total. The fourth-order valence-corrected chi connectivity index (χ4v) is 6.96. The predicted octanol–water partition coefficient (Wildman–Crippen LogP) is 2.06. The average molecular weight is 476 g/mol. The number of piperazine rings is 1. The molecule has 0 spiro atoms. The van der Waals surface area contributed by atoms with Crippen molar-refractivity contribution in [3.05, 3.63) is 57.6 Å². The first-order chi connectivity index (χ1) is 13.5. The summed E-state index contributed by atoms with van der Waals surface area (Å²) in [5, 5.41) is 14.2. The van der Waals surface area contributed by atoms with E-state index >= 15 is 0 Å². The molecule has 12 heteroatoms. The summed E-state index contributed by atoms with van der Waals surface area (Å²) in [6.45, 7) is 4.59. The number of nitrogens with zero attached hydrogens (tertiary/aromatic N) is 2. The summed E-state index contributed by atoms with van der Waals surface area (Å²) in [5.74, 6) is 0. The molecule has 164 valence electrons. The number of hydrogen-bond donors (Lipinski definition) is 1. The van der Waals surface area contributed by atoms with Gasteiger partial charge in [0, 0.05) is 38.3 Å². The number of sulfone groups is 1. The molecule has 2 aromatic carbocycles. The zero-order valence-electron chi connectivity index (χ0n) is 16.4. The molecule has 1 aliphatic rings. The monoisotopic (exact) mass is 475 g/mol. The molecule has 3 rings (SSSR count). The molecule has 0 radical (unpaired) electrons. The van der Waals surface area contributed by atoms with Crippen LogP contribution in [0, 0.1) is 24.0 Å². The lowest BCUT2D eigenvalue weighted by atomic mass is 10.2. The molecule has 1 saturated heterocycles. The third-order valence-corrected chi connectivity index (χ3v) is 8.49. The van der Waals surface area contributed by atoms with Crippen LogP contribution < -0.4 is 5.32 Å². The van der Waals surface area contributed by atoms with Crippen LogP contribution in [0.25, 0.3) is 0 Å². The van der Waals surface area contributed by atoms with Crippen molar-refractivity contribution in [3.8, 4) is 0 Å². The highest BCUT2D eigenvalue weighted by Gasteiger charge is 2.34. The van der Waals surface area contributed by atoms with E-state index in [-0.39, 0.29) is 30.4 Å². The number of halogens is 1. The Morgan fingerprint density at radius 2 is 1.50 bits per heavy atom. The smallest absolute Gasteiger partial charge is 0.270 e. The van der Waals surface area contributed by atoms with Crippen LogP contribution in [0.4, 0.5) is 5.69 Å². The first kappa shape index (κ1) is 24.2. The Morgan fingerprint density at radius 1 is 0.933 bits per heavy atom. The first-order valence-electron chi connectivity index (χ1n) is 8.86. The Balaban J connectivity index is 0.00000320. The number of nitrogens with one attached hydrogen (secondary N) is 1. The van der Waals surface area contributed by atoms with E-state index in [0.29, 0.717) is 24.2 Å². The van der Waals surface area contributed by atoms with Gasteiger partial charge in [-0.15, -0.1) is 12.4 Å². The third kappa shape index (κ3) is 4.65. The number of sulfonamides is 1. The van der Waals surface area contributed by atoms with Gasteiger partial charge in [0.1, 0.15) is 4.90 Å². The van der Waals surface area contributed by atoms with Crippen LogP contribution in [-0.4, -0.2) is 52.2 Å². The summed E-state index contributed by atoms with van der Waals surface area (Å²) >= 11 is 0. The standard InChI is InChI=1S/C18H21N3O6S2.ClH/c1-13-9-14(2)11-16(10-13)28(24,25)17-4-3-15(21(22)23)12-18(17)29(26,27)20-7-5-19-6-8-20;/h3-4,9-12,19H,5-8H2,1-2H3;1H. The van der Waals surface area contributed by atoms with Gasteiger partial charge in [0.2, 0.25) is 19.9 Å². The van der Waals surface area contributed by atoms with E-state index in [1.54, 1.807) is 19.9 Å². The first-order valence-corrected chi connectivity index (χ1v) is 11.8. The molecule has 2 aromatic rings. The molecule has 9 nitrogen and oxygen atoms in total. The number of aryl methyl sites for hydroxylation is 2. The van der Waals surface area contributed by atoms with Gasteiger partial charge in [-0.05, 0) is 43.2 Å². The second-order valence-electron chi connectivity index (χ2n) is 6.87. The average Bonchev–Trinajstić information content (AvgIpc) is 2.67. The zero-order chi connectivity index (χ0) is 21.4. The molecule has 0 aliphatic carbocycles. The fraction of sp³-hybridized carbons (Fsp3) is 0.333. The highest BCUT2D eigenvalue weighted by molar-refractivity contribution is 7.93. The quantitative estimate of drug-likeness (QED) is 0.518. The Labute approximate surface area is 181 Å². The molecule has 1 aliphatic heterocycles. The van der Waals surface area contributed by atoms with Crippen molar-refractivity contribution in [3.63, 3.8) is 0 Å². The van der Waals surface area contributed by atoms with E-state index in [1.165, 1.54) is 12.1 Å². The maximum Gasteiger partial charge on any atom is 0.270 e. The molecule has 0 amide bonds. The van der Waals surface area contributed by atoms with Crippen molar-refractivity contribution < 1.29 is 21.8 Å². The van der Waals surface area contributed by atoms with E-state index in [9.17, 15) is 26.9 Å². The van der Waals surface area contributed by atoms with Crippen molar-refractivity contribution in [1.82, 2.24) is 9.62 Å². The molecule has 1 heterocycles. The van der Waals surface area contributed by atoms with Crippen LogP contribution in [0.2, 0.25) is 0 Å². The maximum atomic E-state index is 13.3. The van der Waals surface area contributed by atoms with Gasteiger partial charge in [-0.25, -0.2) is 16.8 Å². The van der Waals surface area contributed by atoms with Gasteiger partial charge >= 0.3 is 0 Å². The molecule has 0 atom stereocenters. The number of rotatable bonds is 5. The minimum atomic E-state index is -4.25.